The Morgan fingerprint density at radius 2 is 1.95 bits per heavy atom. The highest BCUT2D eigenvalue weighted by Crippen LogP contribution is 2.22. The van der Waals surface area contributed by atoms with Crippen molar-refractivity contribution in [2.24, 2.45) is 0 Å². The van der Waals surface area contributed by atoms with Crippen LogP contribution in [0.2, 0.25) is 0 Å². The fraction of sp³-hybridized carbons (Fsp3) is 0.529. The van der Waals surface area contributed by atoms with Crippen LogP contribution in [-0.2, 0) is 16.0 Å². The SMILES string of the molecule is COc1ccc(CC(=O)NC2CC(=O)N(C(C)(C)C)C2)cc1. The lowest BCUT2D eigenvalue weighted by Crippen LogP contribution is -2.44. The molecule has 1 heterocycles. The largest absolute Gasteiger partial charge is 0.497 e. The molecule has 0 aromatic heterocycles. The van der Waals surface area contributed by atoms with E-state index in [2.05, 4.69) is 5.32 Å². The number of nitrogens with one attached hydrogen (secondary N) is 1. The van der Waals surface area contributed by atoms with Gasteiger partial charge in [-0.2, -0.15) is 0 Å². The molecule has 1 fully saturated rings. The third kappa shape index (κ3) is 4.00. The highest BCUT2D eigenvalue weighted by Gasteiger charge is 2.36. The number of hydrogen-bond acceptors (Lipinski definition) is 3. The number of carbonyl (C=O) groups is 2. The Morgan fingerprint density at radius 3 is 2.45 bits per heavy atom. The van der Waals surface area contributed by atoms with E-state index in [-0.39, 0.29) is 23.4 Å². The molecule has 5 nitrogen and oxygen atoms in total. The standard InChI is InChI=1S/C17H24N2O3/c1-17(2,3)19-11-13(10-16(19)21)18-15(20)9-12-5-7-14(22-4)8-6-12/h5-8,13H,9-11H2,1-4H3,(H,18,20). The predicted octanol–water partition coefficient (Wildman–Crippen LogP) is 1.75. The average molecular weight is 304 g/mol. The van der Waals surface area contributed by atoms with E-state index in [0.29, 0.717) is 19.4 Å². The maximum absolute atomic E-state index is 12.1. The van der Waals surface area contributed by atoms with E-state index >= 15 is 0 Å². The summed E-state index contributed by atoms with van der Waals surface area (Å²) in [6.07, 6.45) is 0.690. The van der Waals surface area contributed by atoms with Crippen molar-refractivity contribution in [2.75, 3.05) is 13.7 Å². The summed E-state index contributed by atoms with van der Waals surface area (Å²) in [7, 11) is 1.61. The molecule has 2 rings (SSSR count). The van der Waals surface area contributed by atoms with Gasteiger partial charge in [0, 0.05) is 18.5 Å². The minimum absolute atomic E-state index is 0.0567. The van der Waals surface area contributed by atoms with Gasteiger partial charge in [0.2, 0.25) is 11.8 Å². The zero-order valence-electron chi connectivity index (χ0n) is 13.7. The number of amides is 2. The lowest BCUT2D eigenvalue weighted by atomic mass is 10.1. The summed E-state index contributed by atoms with van der Waals surface area (Å²) in [4.78, 5) is 25.9. The molecule has 1 unspecified atom stereocenters. The molecule has 0 bridgehead atoms. The Morgan fingerprint density at radius 1 is 1.32 bits per heavy atom. The first-order valence-electron chi connectivity index (χ1n) is 7.52. The first-order valence-corrected chi connectivity index (χ1v) is 7.52. The molecule has 1 aromatic carbocycles. The van der Waals surface area contributed by atoms with Crippen LogP contribution in [0.4, 0.5) is 0 Å². The van der Waals surface area contributed by atoms with Gasteiger partial charge < -0.3 is 15.0 Å². The van der Waals surface area contributed by atoms with E-state index in [1.165, 1.54) is 0 Å². The van der Waals surface area contributed by atoms with Crippen molar-refractivity contribution in [3.05, 3.63) is 29.8 Å². The molecule has 5 heteroatoms. The monoisotopic (exact) mass is 304 g/mol. The lowest BCUT2D eigenvalue weighted by Gasteiger charge is -2.32. The number of likely N-dealkylation sites (tertiary alicyclic amines) is 1. The molecular formula is C17H24N2O3. The fourth-order valence-electron chi connectivity index (χ4n) is 2.66. The third-order valence-electron chi connectivity index (χ3n) is 3.82. The second-order valence-corrected chi connectivity index (χ2v) is 6.67. The summed E-state index contributed by atoms with van der Waals surface area (Å²) >= 11 is 0. The van der Waals surface area contributed by atoms with Crippen LogP contribution in [0.1, 0.15) is 32.8 Å². The zero-order valence-corrected chi connectivity index (χ0v) is 13.7. The third-order valence-corrected chi connectivity index (χ3v) is 3.82. The van der Waals surface area contributed by atoms with Crippen LogP contribution >= 0.6 is 0 Å². The molecule has 1 atom stereocenters. The topological polar surface area (TPSA) is 58.6 Å². The number of ether oxygens (including phenoxy) is 1. The summed E-state index contributed by atoms with van der Waals surface area (Å²) in [5.41, 5.74) is 0.724. The van der Waals surface area contributed by atoms with Gasteiger partial charge in [0.05, 0.1) is 19.6 Å². The Labute approximate surface area is 131 Å². The molecule has 1 aliphatic rings. The number of benzene rings is 1. The van der Waals surface area contributed by atoms with E-state index in [9.17, 15) is 9.59 Å². The van der Waals surface area contributed by atoms with Gasteiger partial charge in [-0.1, -0.05) is 12.1 Å². The summed E-state index contributed by atoms with van der Waals surface area (Å²) in [5, 5.41) is 2.96. The normalized spacial score (nSPS) is 18.5. The Bertz CT molecular complexity index is 546. The second-order valence-electron chi connectivity index (χ2n) is 6.67. The van der Waals surface area contributed by atoms with Crippen LogP contribution < -0.4 is 10.1 Å². The van der Waals surface area contributed by atoms with Gasteiger partial charge >= 0.3 is 0 Å². The summed E-state index contributed by atoms with van der Waals surface area (Å²) < 4.78 is 5.09. The highest BCUT2D eigenvalue weighted by molar-refractivity contribution is 5.83. The van der Waals surface area contributed by atoms with E-state index < -0.39 is 0 Å². The van der Waals surface area contributed by atoms with Crippen molar-refractivity contribution in [1.82, 2.24) is 10.2 Å². The second kappa shape index (κ2) is 6.38. The summed E-state index contributed by atoms with van der Waals surface area (Å²) in [5.74, 6) is 0.812. The van der Waals surface area contributed by atoms with Crippen molar-refractivity contribution in [1.29, 1.82) is 0 Å². The molecule has 0 spiro atoms. The predicted molar refractivity (Wildman–Crippen MR) is 84.7 cm³/mol. The molecule has 1 aromatic rings. The smallest absolute Gasteiger partial charge is 0.225 e. The minimum atomic E-state index is -0.202. The summed E-state index contributed by atoms with van der Waals surface area (Å²) in [6.45, 7) is 6.60. The molecule has 0 aliphatic carbocycles. The molecule has 1 aliphatic heterocycles. The van der Waals surface area contributed by atoms with Crippen LogP contribution in [0.15, 0.2) is 24.3 Å². The molecule has 120 valence electrons. The van der Waals surface area contributed by atoms with Gasteiger partial charge in [-0.15, -0.1) is 0 Å². The van der Waals surface area contributed by atoms with Gasteiger partial charge in [0.15, 0.2) is 0 Å². The van der Waals surface area contributed by atoms with E-state index in [1.807, 2.05) is 49.9 Å². The minimum Gasteiger partial charge on any atom is -0.497 e. The van der Waals surface area contributed by atoms with Crippen molar-refractivity contribution in [2.45, 2.75) is 45.2 Å². The number of hydrogen-bond donors (Lipinski definition) is 1. The number of methoxy groups -OCH3 is 1. The van der Waals surface area contributed by atoms with Crippen LogP contribution in [-0.4, -0.2) is 41.9 Å². The Kier molecular flexibility index (Phi) is 4.74. The zero-order chi connectivity index (χ0) is 16.3. The maximum atomic E-state index is 12.1. The van der Waals surface area contributed by atoms with Crippen LogP contribution in [0.5, 0.6) is 5.75 Å². The van der Waals surface area contributed by atoms with Gasteiger partial charge in [-0.25, -0.2) is 0 Å². The van der Waals surface area contributed by atoms with Crippen molar-refractivity contribution < 1.29 is 14.3 Å². The quantitative estimate of drug-likeness (QED) is 0.922. The van der Waals surface area contributed by atoms with Crippen LogP contribution in [0.3, 0.4) is 0 Å². The van der Waals surface area contributed by atoms with Crippen LogP contribution in [0.25, 0.3) is 0 Å². The van der Waals surface area contributed by atoms with Gasteiger partial charge in [0.25, 0.3) is 0 Å². The van der Waals surface area contributed by atoms with Crippen molar-refractivity contribution in [3.8, 4) is 5.75 Å². The molecule has 0 radical (unpaired) electrons. The molecular weight excluding hydrogens is 280 g/mol. The van der Waals surface area contributed by atoms with Gasteiger partial charge in [-0.3, -0.25) is 9.59 Å². The van der Waals surface area contributed by atoms with E-state index in [4.69, 9.17) is 4.74 Å². The van der Waals surface area contributed by atoms with Crippen LogP contribution in [0, 0.1) is 0 Å². The van der Waals surface area contributed by atoms with Gasteiger partial charge in [-0.05, 0) is 38.5 Å². The fourth-order valence-corrected chi connectivity index (χ4v) is 2.66. The average Bonchev–Trinajstić information content (AvgIpc) is 2.80. The molecule has 0 saturated carbocycles. The Balaban J connectivity index is 1.88. The summed E-state index contributed by atoms with van der Waals surface area (Å²) in [6, 6.07) is 7.32. The molecule has 2 amide bonds. The number of rotatable bonds is 4. The highest BCUT2D eigenvalue weighted by atomic mass is 16.5. The maximum Gasteiger partial charge on any atom is 0.225 e. The van der Waals surface area contributed by atoms with E-state index in [1.54, 1.807) is 7.11 Å². The van der Waals surface area contributed by atoms with E-state index in [0.717, 1.165) is 11.3 Å². The van der Waals surface area contributed by atoms with Crippen molar-refractivity contribution >= 4 is 11.8 Å². The number of carbonyl (C=O) groups excluding carboxylic acids is 2. The lowest BCUT2D eigenvalue weighted by molar-refractivity contribution is -0.131. The van der Waals surface area contributed by atoms with Gasteiger partial charge in [0.1, 0.15) is 5.75 Å². The molecule has 1 saturated heterocycles. The van der Waals surface area contributed by atoms with Crippen molar-refractivity contribution in [3.63, 3.8) is 0 Å². The Hall–Kier alpha value is -2.04. The first kappa shape index (κ1) is 16.3. The molecule has 1 N–H and O–H groups in total. The number of nitrogens with zero attached hydrogens (tertiary/aromatic N) is 1. The molecule has 22 heavy (non-hydrogen) atoms. The first-order chi connectivity index (χ1) is 10.3.